The van der Waals surface area contributed by atoms with Crippen LogP contribution in [-0.2, 0) is 16.1 Å². The van der Waals surface area contributed by atoms with Crippen LogP contribution in [0.3, 0.4) is 0 Å². The number of thioether (sulfide) groups is 1. The first-order valence-corrected chi connectivity index (χ1v) is 21.9. The van der Waals surface area contributed by atoms with Gasteiger partial charge < -0.3 is 20.3 Å². The number of amides is 3. The molecular weight excluding hydrogens is 749 g/mol. The van der Waals surface area contributed by atoms with Gasteiger partial charge in [0.25, 0.3) is 5.91 Å². The molecule has 13 heteroatoms. The van der Waals surface area contributed by atoms with E-state index in [4.69, 9.17) is 15.6 Å². The van der Waals surface area contributed by atoms with Gasteiger partial charge in [-0.15, -0.1) is 11.8 Å². The van der Waals surface area contributed by atoms with Crippen LogP contribution in [0.2, 0.25) is 0 Å². The summed E-state index contributed by atoms with van der Waals surface area (Å²) in [4.78, 5) is 51.5. The first-order chi connectivity index (χ1) is 28.4. The number of nitrogen functional groups attached to an aromatic ring is 1. The van der Waals surface area contributed by atoms with Gasteiger partial charge in [-0.25, -0.2) is 14.6 Å². The van der Waals surface area contributed by atoms with Crippen molar-refractivity contribution in [2.24, 2.45) is 0 Å². The molecule has 2 saturated heterocycles. The van der Waals surface area contributed by atoms with Crippen LogP contribution in [0, 0.1) is 0 Å². The van der Waals surface area contributed by atoms with Crippen molar-refractivity contribution in [1.29, 1.82) is 0 Å². The van der Waals surface area contributed by atoms with Gasteiger partial charge in [-0.1, -0.05) is 62.8 Å². The van der Waals surface area contributed by atoms with Gasteiger partial charge in [0.1, 0.15) is 35.4 Å². The van der Waals surface area contributed by atoms with Crippen molar-refractivity contribution in [3.05, 3.63) is 90.3 Å². The second-order valence-electron chi connectivity index (χ2n) is 15.6. The molecule has 58 heavy (non-hydrogen) atoms. The molecule has 2 fully saturated rings. The fraction of sp³-hybridized carbons (Fsp3) is 0.422. The number of carbonyl (C=O) groups is 3. The van der Waals surface area contributed by atoms with E-state index in [1.807, 2.05) is 66.7 Å². The highest BCUT2D eigenvalue weighted by Crippen LogP contribution is 2.36. The van der Waals surface area contributed by atoms with Crippen LogP contribution in [0.25, 0.3) is 22.3 Å². The molecule has 2 aromatic heterocycles. The maximum absolute atomic E-state index is 13.1. The van der Waals surface area contributed by atoms with Crippen molar-refractivity contribution in [2.75, 3.05) is 31.1 Å². The van der Waals surface area contributed by atoms with Gasteiger partial charge in [-0.05, 0) is 105 Å². The van der Waals surface area contributed by atoms with Crippen LogP contribution in [0.1, 0.15) is 99.0 Å². The fourth-order valence-corrected chi connectivity index (χ4v) is 9.66. The van der Waals surface area contributed by atoms with Crippen molar-refractivity contribution in [2.45, 2.75) is 101 Å². The number of aromatic nitrogens is 4. The topological polar surface area (TPSA) is 149 Å². The smallest absolute Gasteiger partial charge is 0.255 e. The number of ether oxygens (including phenoxy) is 1. The molecule has 12 nitrogen and oxygen atoms in total. The lowest BCUT2D eigenvalue weighted by Crippen LogP contribution is -2.52. The number of nitrogens with two attached hydrogens (primary N) is 1. The van der Waals surface area contributed by atoms with E-state index in [1.165, 1.54) is 51.3 Å². The lowest BCUT2D eigenvalue weighted by atomic mass is 10.0. The van der Waals surface area contributed by atoms with Crippen LogP contribution in [0.5, 0.6) is 11.5 Å². The standard InChI is InChI=1S/C45H52N8O4S/c46-42-40-41(31-19-21-34(22-20-31)57-33-15-8-7-9-16-33)50-53(43(40)48-30-47-42)32-14-13-26-51(28-32)25-10-5-3-1-2-4-6-11-27-58-38-18-12-17-35-36(38)29-52(45(35)56)37-23-24-39(54)49-44(37)55/h7-9,12,15-22,30,32,37H,1-6,10-11,13-14,23-29H2,(H2,46,47,48)(H,49,54,55)/t32-,37?/m1/s1. The molecule has 3 amide bonds. The van der Waals surface area contributed by atoms with E-state index in [2.05, 4.69) is 30.9 Å². The van der Waals surface area contributed by atoms with Crippen molar-refractivity contribution in [3.63, 3.8) is 0 Å². The summed E-state index contributed by atoms with van der Waals surface area (Å²) in [6.45, 7) is 3.58. The normalized spacial score (nSPS) is 18.5. The molecule has 0 saturated carbocycles. The average molecular weight is 801 g/mol. The summed E-state index contributed by atoms with van der Waals surface area (Å²) in [5.41, 5.74) is 10.7. The number of likely N-dealkylation sites (tertiary alicyclic amines) is 1. The molecular formula is C45H52N8O4S. The number of unbranched alkanes of at least 4 members (excludes halogenated alkanes) is 7. The Morgan fingerprint density at radius 1 is 0.828 bits per heavy atom. The summed E-state index contributed by atoms with van der Waals surface area (Å²) in [5.74, 6) is 2.26. The molecule has 0 spiro atoms. The molecule has 3 aliphatic heterocycles. The van der Waals surface area contributed by atoms with Crippen LogP contribution < -0.4 is 15.8 Å². The maximum Gasteiger partial charge on any atom is 0.255 e. The minimum absolute atomic E-state index is 0.111. The average Bonchev–Trinajstić information content (AvgIpc) is 3.80. The second kappa shape index (κ2) is 18.5. The Morgan fingerprint density at radius 2 is 1.59 bits per heavy atom. The predicted molar refractivity (Wildman–Crippen MR) is 227 cm³/mol. The number of piperidine rings is 2. The summed E-state index contributed by atoms with van der Waals surface area (Å²) >= 11 is 1.81. The van der Waals surface area contributed by atoms with Gasteiger partial charge in [-0.2, -0.15) is 5.10 Å². The van der Waals surface area contributed by atoms with Crippen molar-refractivity contribution in [1.82, 2.24) is 34.9 Å². The summed E-state index contributed by atoms with van der Waals surface area (Å²) in [5, 5.41) is 8.32. The van der Waals surface area contributed by atoms with Gasteiger partial charge in [-0.3, -0.25) is 19.7 Å². The highest BCUT2D eigenvalue weighted by Gasteiger charge is 2.39. The number of fused-ring (bicyclic) bond motifs is 2. The monoisotopic (exact) mass is 800 g/mol. The van der Waals surface area contributed by atoms with Crippen LogP contribution >= 0.6 is 11.8 Å². The Bertz CT molecular complexity index is 2230. The van der Waals surface area contributed by atoms with Crippen LogP contribution in [0.4, 0.5) is 5.82 Å². The quantitative estimate of drug-likeness (QED) is 0.0536. The summed E-state index contributed by atoms with van der Waals surface area (Å²) in [6, 6.07) is 23.2. The van der Waals surface area contributed by atoms with E-state index in [1.54, 1.807) is 16.7 Å². The molecule has 3 aromatic carbocycles. The zero-order chi connectivity index (χ0) is 39.8. The van der Waals surface area contributed by atoms with Crippen LogP contribution in [-0.4, -0.2) is 78.7 Å². The third-order valence-corrected chi connectivity index (χ3v) is 12.8. The fourth-order valence-electron chi connectivity index (χ4n) is 8.56. The second-order valence-corrected chi connectivity index (χ2v) is 16.8. The molecule has 3 N–H and O–H groups in total. The first kappa shape index (κ1) is 39.6. The Hall–Kier alpha value is -5.27. The van der Waals surface area contributed by atoms with E-state index in [0.29, 0.717) is 24.3 Å². The first-order valence-electron chi connectivity index (χ1n) is 20.9. The molecule has 0 bridgehead atoms. The molecule has 5 heterocycles. The Kier molecular flexibility index (Phi) is 12.6. The number of carbonyl (C=O) groups excluding carboxylic acids is 3. The number of anilines is 1. The third kappa shape index (κ3) is 9.05. The molecule has 5 aromatic rings. The van der Waals surface area contributed by atoms with Gasteiger partial charge >= 0.3 is 0 Å². The number of benzene rings is 3. The molecule has 0 radical (unpaired) electrons. The molecule has 3 aliphatic rings. The number of para-hydroxylation sites is 1. The Morgan fingerprint density at radius 3 is 2.38 bits per heavy atom. The van der Waals surface area contributed by atoms with E-state index >= 15 is 0 Å². The zero-order valence-electron chi connectivity index (χ0n) is 33.0. The molecule has 1 unspecified atom stereocenters. The van der Waals surface area contributed by atoms with Gasteiger partial charge in [0, 0.05) is 35.5 Å². The minimum atomic E-state index is -0.579. The van der Waals surface area contributed by atoms with Crippen LogP contribution in [0.15, 0.2) is 84.0 Å². The third-order valence-electron chi connectivity index (χ3n) is 11.6. The summed E-state index contributed by atoms with van der Waals surface area (Å²) < 4.78 is 8.10. The summed E-state index contributed by atoms with van der Waals surface area (Å²) in [7, 11) is 0. The molecule has 2 atom stereocenters. The Balaban J connectivity index is 0.743. The van der Waals surface area contributed by atoms with E-state index in [9.17, 15) is 14.4 Å². The number of nitrogens with one attached hydrogen (secondary N) is 1. The van der Waals surface area contributed by atoms with Gasteiger partial charge in [0.2, 0.25) is 11.8 Å². The zero-order valence-corrected chi connectivity index (χ0v) is 33.8. The van der Waals surface area contributed by atoms with Crippen molar-refractivity contribution >= 4 is 46.3 Å². The van der Waals surface area contributed by atoms with Crippen molar-refractivity contribution < 1.29 is 19.1 Å². The van der Waals surface area contributed by atoms with E-state index in [0.717, 1.165) is 88.9 Å². The van der Waals surface area contributed by atoms with E-state index in [-0.39, 0.29) is 30.2 Å². The van der Waals surface area contributed by atoms with Crippen molar-refractivity contribution in [3.8, 4) is 22.8 Å². The highest BCUT2D eigenvalue weighted by molar-refractivity contribution is 7.99. The van der Waals surface area contributed by atoms with Gasteiger partial charge in [0.15, 0.2) is 5.65 Å². The SMILES string of the molecule is Nc1ncnc2c1c(-c1ccc(Oc3ccccc3)cc1)nn2[C@@H]1CCCN(CCCCCCCCCCSc2cccc3c2CN(C2CCC(=O)NC2=O)C3=O)C1. The lowest BCUT2D eigenvalue weighted by molar-refractivity contribution is -0.136. The molecule has 302 valence electrons. The summed E-state index contributed by atoms with van der Waals surface area (Å²) in [6.07, 6.45) is 14.2. The number of hydrogen-bond acceptors (Lipinski definition) is 10. The largest absolute Gasteiger partial charge is 0.457 e. The van der Waals surface area contributed by atoms with Gasteiger partial charge in [0.05, 0.1) is 11.4 Å². The molecule has 8 rings (SSSR count). The number of imide groups is 1. The lowest BCUT2D eigenvalue weighted by Gasteiger charge is -2.33. The highest BCUT2D eigenvalue weighted by atomic mass is 32.2. The molecule has 0 aliphatic carbocycles. The minimum Gasteiger partial charge on any atom is -0.457 e. The van der Waals surface area contributed by atoms with E-state index < -0.39 is 6.04 Å². The Labute approximate surface area is 343 Å². The predicted octanol–water partition coefficient (Wildman–Crippen LogP) is 8.18. The number of nitrogens with zero attached hydrogens (tertiary/aromatic N) is 6. The number of rotatable bonds is 17. The maximum atomic E-state index is 13.1. The number of hydrogen-bond donors (Lipinski definition) is 2.